The van der Waals surface area contributed by atoms with Gasteiger partial charge < -0.3 is 0 Å². The van der Waals surface area contributed by atoms with E-state index in [1.165, 1.54) is 0 Å². The number of amides is 2. The molecule has 2 rings (SSSR count). The van der Waals surface area contributed by atoms with Gasteiger partial charge in [0.25, 0.3) is 0 Å². The Hall–Kier alpha value is -2.62. The lowest BCUT2D eigenvalue weighted by Gasteiger charge is -2.15. The second-order valence-corrected chi connectivity index (χ2v) is 3.64. The summed E-state index contributed by atoms with van der Waals surface area (Å²) in [6.45, 7) is 0. The number of hydrogen-bond acceptors (Lipinski definition) is 2. The maximum absolute atomic E-state index is 10.8. The Balaban J connectivity index is 2.25. The maximum atomic E-state index is 10.8. The monoisotopic (exact) mass is 240 g/mol. The van der Waals surface area contributed by atoms with Gasteiger partial charge in [0.2, 0.25) is 12.8 Å². The third kappa shape index (κ3) is 2.55. The molecule has 0 aromatic heterocycles. The van der Waals surface area contributed by atoms with Crippen molar-refractivity contribution in [1.82, 2.24) is 5.43 Å². The zero-order valence-electron chi connectivity index (χ0n) is 9.61. The summed E-state index contributed by atoms with van der Waals surface area (Å²) in [4.78, 5) is 21.1. The molecule has 0 spiro atoms. The van der Waals surface area contributed by atoms with Gasteiger partial charge in [-0.3, -0.25) is 15.0 Å². The van der Waals surface area contributed by atoms with E-state index >= 15 is 0 Å². The van der Waals surface area contributed by atoms with Gasteiger partial charge in [0, 0.05) is 0 Å². The minimum Gasteiger partial charge on any atom is -0.277 e. The summed E-state index contributed by atoms with van der Waals surface area (Å²) in [5.74, 6) is 0. The third-order valence-electron chi connectivity index (χ3n) is 2.55. The summed E-state index contributed by atoms with van der Waals surface area (Å²) in [5.41, 5.74) is 5.05. The predicted octanol–water partition coefficient (Wildman–Crippen LogP) is 1.98. The second kappa shape index (κ2) is 5.63. The Morgan fingerprint density at radius 1 is 0.833 bits per heavy atom. The van der Waals surface area contributed by atoms with Crippen LogP contribution < -0.4 is 10.4 Å². The van der Waals surface area contributed by atoms with Crippen molar-refractivity contribution >= 4 is 18.5 Å². The fourth-order valence-corrected chi connectivity index (χ4v) is 1.67. The molecule has 0 saturated heterocycles. The van der Waals surface area contributed by atoms with Crippen molar-refractivity contribution in [2.45, 2.75) is 0 Å². The van der Waals surface area contributed by atoms with Crippen LogP contribution in [0.4, 0.5) is 5.69 Å². The summed E-state index contributed by atoms with van der Waals surface area (Å²) >= 11 is 0. The van der Waals surface area contributed by atoms with E-state index in [4.69, 9.17) is 0 Å². The Bertz CT molecular complexity index is 523. The predicted molar refractivity (Wildman–Crippen MR) is 69.6 cm³/mol. The molecule has 90 valence electrons. The summed E-state index contributed by atoms with van der Waals surface area (Å²) in [5, 5.41) is 1.11. The van der Waals surface area contributed by atoms with Crippen LogP contribution >= 0.6 is 0 Å². The van der Waals surface area contributed by atoms with Gasteiger partial charge in [-0.05, 0) is 23.3 Å². The zero-order chi connectivity index (χ0) is 12.8. The average molecular weight is 240 g/mol. The van der Waals surface area contributed by atoms with Crippen LogP contribution in [0.1, 0.15) is 0 Å². The Labute approximate surface area is 105 Å². The first-order valence-corrected chi connectivity index (χ1v) is 5.45. The zero-order valence-corrected chi connectivity index (χ0v) is 9.61. The molecule has 0 atom stereocenters. The molecule has 0 aliphatic carbocycles. The van der Waals surface area contributed by atoms with Crippen molar-refractivity contribution in [1.29, 1.82) is 0 Å². The summed E-state index contributed by atoms with van der Waals surface area (Å²) in [7, 11) is 0. The van der Waals surface area contributed by atoms with Gasteiger partial charge in [0.1, 0.15) is 0 Å². The summed E-state index contributed by atoms with van der Waals surface area (Å²) < 4.78 is 0. The lowest BCUT2D eigenvalue weighted by atomic mass is 10.1. The van der Waals surface area contributed by atoms with Crippen molar-refractivity contribution in [3.63, 3.8) is 0 Å². The van der Waals surface area contributed by atoms with Crippen LogP contribution in [0.5, 0.6) is 0 Å². The number of nitrogens with one attached hydrogen (secondary N) is 1. The number of hydrogen-bond donors (Lipinski definition) is 1. The van der Waals surface area contributed by atoms with E-state index in [0.29, 0.717) is 18.5 Å². The van der Waals surface area contributed by atoms with E-state index in [-0.39, 0.29) is 0 Å². The molecule has 1 N–H and O–H groups in total. The van der Waals surface area contributed by atoms with E-state index in [9.17, 15) is 9.59 Å². The molecule has 18 heavy (non-hydrogen) atoms. The largest absolute Gasteiger partial charge is 0.277 e. The van der Waals surface area contributed by atoms with Gasteiger partial charge in [-0.2, -0.15) is 0 Å². The van der Waals surface area contributed by atoms with Crippen LogP contribution in [0.25, 0.3) is 11.1 Å². The standard InChI is InChI=1S/C14H12N2O2/c17-10-15-16(11-18)14-8-6-13(7-9-14)12-4-2-1-3-5-12/h1-11H,(H,15,17). The number of benzene rings is 2. The molecule has 0 saturated carbocycles. The van der Waals surface area contributed by atoms with E-state index in [2.05, 4.69) is 5.43 Å². The fourth-order valence-electron chi connectivity index (χ4n) is 1.67. The molecule has 2 amide bonds. The molecule has 4 nitrogen and oxygen atoms in total. The number of carbonyl (C=O) groups is 2. The highest BCUT2D eigenvalue weighted by Gasteiger charge is 2.03. The van der Waals surface area contributed by atoms with Gasteiger partial charge in [-0.1, -0.05) is 42.5 Å². The lowest BCUT2D eigenvalue weighted by molar-refractivity contribution is -0.113. The lowest BCUT2D eigenvalue weighted by Crippen LogP contribution is -2.35. The van der Waals surface area contributed by atoms with Crippen molar-refractivity contribution < 1.29 is 9.59 Å². The van der Waals surface area contributed by atoms with E-state index < -0.39 is 0 Å². The normalized spacial score (nSPS) is 9.56. The van der Waals surface area contributed by atoms with Crippen LogP contribution in [0, 0.1) is 0 Å². The third-order valence-corrected chi connectivity index (χ3v) is 2.55. The summed E-state index contributed by atoms with van der Waals surface area (Å²) in [6.07, 6.45) is 1.01. The van der Waals surface area contributed by atoms with E-state index in [1.54, 1.807) is 12.1 Å². The molecule has 4 heteroatoms. The van der Waals surface area contributed by atoms with Crippen LogP contribution in [-0.2, 0) is 9.59 Å². The molecule has 0 heterocycles. The van der Waals surface area contributed by atoms with Gasteiger partial charge in [0.15, 0.2) is 0 Å². The molecule has 0 aliphatic heterocycles. The molecule has 0 bridgehead atoms. The number of nitrogens with zero attached hydrogens (tertiary/aromatic N) is 1. The highest BCUT2D eigenvalue weighted by molar-refractivity contribution is 5.78. The maximum Gasteiger partial charge on any atom is 0.232 e. The number of carbonyl (C=O) groups excluding carboxylic acids is 2. The molecule has 2 aromatic rings. The van der Waals surface area contributed by atoms with Crippen molar-refractivity contribution in [3.8, 4) is 11.1 Å². The molecular weight excluding hydrogens is 228 g/mol. The Kier molecular flexibility index (Phi) is 3.71. The first-order valence-electron chi connectivity index (χ1n) is 5.45. The van der Waals surface area contributed by atoms with Crippen molar-refractivity contribution in [2.75, 3.05) is 5.01 Å². The molecule has 0 aliphatic rings. The van der Waals surface area contributed by atoms with Gasteiger partial charge in [0.05, 0.1) is 5.69 Å². The molecule has 0 unspecified atom stereocenters. The molecular formula is C14H12N2O2. The first-order chi connectivity index (χ1) is 8.85. The number of hydrazine groups is 1. The quantitative estimate of drug-likeness (QED) is 0.641. The molecule has 2 aromatic carbocycles. The smallest absolute Gasteiger partial charge is 0.232 e. The van der Waals surface area contributed by atoms with Gasteiger partial charge >= 0.3 is 0 Å². The minimum atomic E-state index is 0.458. The Morgan fingerprint density at radius 2 is 1.44 bits per heavy atom. The highest BCUT2D eigenvalue weighted by atomic mass is 16.2. The van der Waals surface area contributed by atoms with Crippen molar-refractivity contribution in [2.24, 2.45) is 0 Å². The minimum absolute atomic E-state index is 0.458. The SMILES string of the molecule is O=CNN(C=O)c1ccc(-c2ccccc2)cc1. The highest BCUT2D eigenvalue weighted by Crippen LogP contribution is 2.21. The van der Waals surface area contributed by atoms with E-state index in [0.717, 1.165) is 16.1 Å². The van der Waals surface area contributed by atoms with Crippen molar-refractivity contribution in [3.05, 3.63) is 54.6 Å². The van der Waals surface area contributed by atoms with E-state index in [1.807, 2.05) is 42.5 Å². The van der Waals surface area contributed by atoms with Gasteiger partial charge in [-0.25, -0.2) is 5.01 Å². The molecule has 0 radical (unpaired) electrons. The van der Waals surface area contributed by atoms with Gasteiger partial charge in [-0.15, -0.1) is 0 Å². The topological polar surface area (TPSA) is 49.4 Å². The number of rotatable bonds is 5. The average Bonchev–Trinajstić information content (AvgIpc) is 2.46. The Morgan fingerprint density at radius 3 is 2.00 bits per heavy atom. The second-order valence-electron chi connectivity index (χ2n) is 3.64. The van der Waals surface area contributed by atoms with Crippen LogP contribution in [0.2, 0.25) is 0 Å². The first kappa shape index (κ1) is 11.9. The van der Waals surface area contributed by atoms with Crippen LogP contribution in [0.15, 0.2) is 54.6 Å². The van der Waals surface area contributed by atoms with Crippen LogP contribution in [-0.4, -0.2) is 12.8 Å². The van der Waals surface area contributed by atoms with Crippen LogP contribution in [0.3, 0.4) is 0 Å². The summed E-state index contributed by atoms with van der Waals surface area (Å²) in [6, 6.07) is 17.2. The fraction of sp³-hybridized carbons (Fsp3) is 0. The number of anilines is 1. The molecule has 0 fully saturated rings.